The maximum Gasteiger partial charge on any atom is 0.118 e. The zero-order chi connectivity index (χ0) is 13.0. The molecule has 1 aromatic heterocycles. The van der Waals surface area contributed by atoms with Crippen LogP contribution in [0.1, 0.15) is 11.6 Å². The van der Waals surface area contributed by atoms with Crippen molar-refractivity contribution in [1.29, 1.82) is 0 Å². The van der Waals surface area contributed by atoms with Crippen LogP contribution >= 0.6 is 11.3 Å². The standard InChI is InChI=1S/C13H15NO2S2/c1-16-11-6-4-10(5-7-11)12(14)9-18(15)13-3-2-8-17-13/h2-8,12H,9,14H2,1H3. The summed E-state index contributed by atoms with van der Waals surface area (Å²) in [6.45, 7) is 0. The van der Waals surface area contributed by atoms with Gasteiger partial charge in [-0.05, 0) is 29.1 Å². The number of thiophene rings is 1. The van der Waals surface area contributed by atoms with E-state index in [4.69, 9.17) is 10.5 Å². The fraction of sp³-hybridized carbons (Fsp3) is 0.231. The van der Waals surface area contributed by atoms with E-state index in [1.165, 1.54) is 11.3 Å². The first-order valence-electron chi connectivity index (χ1n) is 5.52. The fourth-order valence-corrected chi connectivity index (χ4v) is 3.75. The van der Waals surface area contributed by atoms with E-state index in [-0.39, 0.29) is 6.04 Å². The average molecular weight is 281 g/mol. The van der Waals surface area contributed by atoms with Crippen LogP contribution in [0.4, 0.5) is 0 Å². The van der Waals surface area contributed by atoms with Gasteiger partial charge in [-0.25, -0.2) is 0 Å². The van der Waals surface area contributed by atoms with Gasteiger partial charge in [-0.2, -0.15) is 0 Å². The molecule has 2 aromatic rings. The highest BCUT2D eigenvalue weighted by Gasteiger charge is 2.12. The lowest BCUT2D eigenvalue weighted by atomic mass is 10.1. The van der Waals surface area contributed by atoms with Crippen LogP contribution in [-0.2, 0) is 10.8 Å². The Morgan fingerprint density at radius 2 is 2.06 bits per heavy atom. The summed E-state index contributed by atoms with van der Waals surface area (Å²) >= 11 is 1.50. The van der Waals surface area contributed by atoms with Gasteiger partial charge >= 0.3 is 0 Å². The lowest BCUT2D eigenvalue weighted by Gasteiger charge is -2.11. The second-order valence-corrected chi connectivity index (χ2v) is 6.49. The Balaban J connectivity index is 2.02. The van der Waals surface area contributed by atoms with E-state index < -0.39 is 10.8 Å². The predicted molar refractivity (Wildman–Crippen MR) is 75.5 cm³/mol. The first-order chi connectivity index (χ1) is 8.70. The van der Waals surface area contributed by atoms with Gasteiger partial charge in [-0.1, -0.05) is 18.2 Å². The molecule has 1 aromatic carbocycles. The fourth-order valence-electron chi connectivity index (χ4n) is 1.59. The van der Waals surface area contributed by atoms with Crippen LogP contribution in [0.2, 0.25) is 0 Å². The largest absolute Gasteiger partial charge is 0.497 e. The number of hydrogen-bond acceptors (Lipinski definition) is 4. The molecule has 0 saturated carbocycles. The van der Waals surface area contributed by atoms with Crippen molar-refractivity contribution in [3.8, 4) is 5.75 Å². The monoisotopic (exact) mass is 281 g/mol. The number of nitrogens with two attached hydrogens (primary N) is 1. The molecule has 2 atom stereocenters. The van der Waals surface area contributed by atoms with Crippen LogP contribution in [0.25, 0.3) is 0 Å². The number of methoxy groups -OCH3 is 1. The Kier molecular flexibility index (Phi) is 4.52. The van der Waals surface area contributed by atoms with Crippen LogP contribution in [0.15, 0.2) is 46.0 Å². The third-order valence-electron chi connectivity index (χ3n) is 2.59. The topological polar surface area (TPSA) is 52.3 Å². The van der Waals surface area contributed by atoms with Gasteiger partial charge in [0.15, 0.2) is 0 Å². The van der Waals surface area contributed by atoms with Gasteiger partial charge in [0.25, 0.3) is 0 Å². The van der Waals surface area contributed by atoms with Gasteiger partial charge in [0.1, 0.15) is 5.75 Å². The summed E-state index contributed by atoms with van der Waals surface area (Å²) in [5.41, 5.74) is 7.04. The number of rotatable bonds is 5. The summed E-state index contributed by atoms with van der Waals surface area (Å²) in [6.07, 6.45) is 0. The number of benzene rings is 1. The first-order valence-corrected chi connectivity index (χ1v) is 7.72. The molecule has 1 heterocycles. The predicted octanol–water partition coefficient (Wildman–Crippen LogP) is 2.56. The Morgan fingerprint density at radius 3 is 2.61 bits per heavy atom. The van der Waals surface area contributed by atoms with Crippen LogP contribution in [0.5, 0.6) is 5.75 Å². The molecule has 0 radical (unpaired) electrons. The highest BCUT2D eigenvalue weighted by atomic mass is 32.2. The minimum Gasteiger partial charge on any atom is -0.497 e. The third kappa shape index (κ3) is 3.19. The molecule has 3 nitrogen and oxygen atoms in total. The molecule has 0 aliphatic heterocycles. The van der Waals surface area contributed by atoms with Crippen molar-refractivity contribution in [2.24, 2.45) is 5.73 Å². The lowest BCUT2D eigenvalue weighted by molar-refractivity contribution is 0.414. The van der Waals surface area contributed by atoms with E-state index in [0.29, 0.717) is 5.75 Å². The normalized spacial score (nSPS) is 14.1. The summed E-state index contributed by atoms with van der Waals surface area (Å²) in [5, 5.41) is 1.92. The molecule has 18 heavy (non-hydrogen) atoms. The summed E-state index contributed by atoms with van der Waals surface area (Å²) in [7, 11) is 0.598. The minimum absolute atomic E-state index is 0.223. The molecule has 0 aliphatic rings. The van der Waals surface area contributed by atoms with Gasteiger partial charge in [-0.15, -0.1) is 11.3 Å². The van der Waals surface area contributed by atoms with E-state index in [1.54, 1.807) is 7.11 Å². The molecule has 96 valence electrons. The smallest absolute Gasteiger partial charge is 0.118 e. The van der Waals surface area contributed by atoms with Crippen LogP contribution in [0, 0.1) is 0 Å². The van der Waals surface area contributed by atoms with Gasteiger partial charge in [0.2, 0.25) is 0 Å². The van der Waals surface area contributed by atoms with Crippen molar-refractivity contribution in [3.05, 3.63) is 47.3 Å². The highest BCUT2D eigenvalue weighted by molar-refractivity contribution is 7.87. The molecule has 0 bridgehead atoms. The maximum absolute atomic E-state index is 12.0. The number of ether oxygens (including phenoxy) is 1. The zero-order valence-corrected chi connectivity index (χ0v) is 11.7. The summed E-state index contributed by atoms with van der Waals surface area (Å²) < 4.78 is 18.0. The van der Waals surface area contributed by atoms with Crippen molar-refractivity contribution >= 4 is 22.1 Å². The van der Waals surface area contributed by atoms with Crippen molar-refractivity contribution in [2.75, 3.05) is 12.9 Å². The molecule has 2 N–H and O–H groups in total. The molecule has 0 amide bonds. The highest BCUT2D eigenvalue weighted by Crippen LogP contribution is 2.20. The molecule has 0 fully saturated rings. The average Bonchev–Trinajstić information content (AvgIpc) is 2.92. The van der Waals surface area contributed by atoms with Crippen molar-refractivity contribution in [3.63, 3.8) is 0 Å². The zero-order valence-electron chi connectivity index (χ0n) is 10.0. The Bertz CT molecular complexity index is 508. The minimum atomic E-state index is -1.03. The second-order valence-electron chi connectivity index (χ2n) is 3.82. The molecular formula is C13H15NO2S2. The molecule has 2 rings (SSSR count). The summed E-state index contributed by atoms with van der Waals surface area (Å²) in [6, 6.07) is 11.1. The Hall–Kier alpha value is -1.17. The molecule has 2 unspecified atom stereocenters. The van der Waals surface area contributed by atoms with Gasteiger partial charge < -0.3 is 10.5 Å². The SMILES string of the molecule is COc1ccc(C(N)CS(=O)c2cccs2)cc1. The molecular weight excluding hydrogens is 266 g/mol. The molecule has 0 spiro atoms. The van der Waals surface area contributed by atoms with E-state index in [9.17, 15) is 4.21 Å². The first kappa shape index (κ1) is 13.3. The van der Waals surface area contributed by atoms with E-state index in [1.807, 2.05) is 41.8 Å². The third-order valence-corrected chi connectivity index (χ3v) is 5.35. The number of hydrogen-bond donors (Lipinski definition) is 1. The van der Waals surface area contributed by atoms with Gasteiger partial charge in [-0.3, -0.25) is 4.21 Å². The van der Waals surface area contributed by atoms with Crippen molar-refractivity contribution < 1.29 is 8.95 Å². The van der Waals surface area contributed by atoms with E-state index in [2.05, 4.69) is 0 Å². The van der Waals surface area contributed by atoms with Gasteiger partial charge in [0.05, 0.1) is 22.1 Å². The van der Waals surface area contributed by atoms with Crippen molar-refractivity contribution in [1.82, 2.24) is 0 Å². The summed E-state index contributed by atoms with van der Waals surface area (Å²) in [4.78, 5) is 0. The van der Waals surface area contributed by atoms with Crippen LogP contribution in [0.3, 0.4) is 0 Å². The van der Waals surface area contributed by atoms with Gasteiger partial charge in [0, 0.05) is 11.8 Å². The molecule has 0 saturated heterocycles. The van der Waals surface area contributed by atoms with Crippen molar-refractivity contribution in [2.45, 2.75) is 10.3 Å². The quantitative estimate of drug-likeness (QED) is 0.916. The Morgan fingerprint density at radius 1 is 1.33 bits per heavy atom. The molecule has 5 heteroatoms. The van der Waals surface area contributed by atoms with Crippen LogP contribution in [-0.4, -0.2) is 17.1 Å². The molecule has 0 aliphatic carbocycles. The summed E-state index contributed by atoms with van der Waals surface area (Å²) in [5.74, 6) is 1.23. The van der Waals surface area contributed by atoms with E-state index in [0.717, 1.165) is 15.5 Å². The lowest BCUT2D eigenvalue weighted by Crippen LogP contribution is -2.17. The Labute approximate surface area is 113 Å². The van der Waals surface area contributed by atoms with E-state index >= 15 is 0 Å². The maximum atomic E-state index is 12.0. The van der Waals surface area contributed by atoms with Crippen LogP contribution < -0.4 is 10.5 Å². The second kappa shape index (κ2) is 6.13.